The van der Waals surface area contributed by atoms with Gasteiger partial charge < -0.3 is 4.74 Å². The van der Waals surface area contributed by atoms with E-state index < -0.39 is 0 Å². The zero-order valence-corrected chi connectivity index (χ0v) is 13.6. The molecule has 7 nitrogen and oxygen atoms in total. The highest BCUT2D eigenvalue weighted by Crippen LogP contribution is 2.15. The molecule has 1 saturated heterocycles. The van der Waals surface area contributed by atoms with E-state index in [1.54, 1.807) is 5.01 Å². The van der Waals surface area contributed by atoms with E-state index in [4.69, 9.17) is 4.74 Å². The number of hydrazine groups is 1. The van der Waals surface area contributed by atoms with Gasteiger partial charge in [0.15, 0.2) is 0 Å². The van der Waals surface area contributed by atoms with Crippen LogP contribution in [0, 0.1) is 6.92 Å². The fourth-order valence-corrected chi connectivity index (χ4v) is 2.47. The summed E-state index contributed by atoms with van der Waals surface area (Å²) in [5.74, 6) is -0.246. The van der Waals surface area contributed by atoms with Gasteiger partial charge in [-0.1, -0.05) is 29.8 Å². The number of aryl methyl sites for hydroxylation is 1. The first-order valence-corrected chi connectivity index (χ1v) is 7.87. The van der Waals surface area contributed by atoms with Crippen molar-refractivity contribution in [1.29, 1.82) is 0 Å². The lowest BCUT2D eigenvalue weighted by Crippen LogP contribution is -2.49. The van der Waals surface area contributed by atoms with Crippen molar-refractivity contribution in [3.05, 3.63) is 52.6 Å². The van der Waals surface area contributed by atoms with Crippen LogP contribution < -0.4 is 11.0 Å². The molecule has 0 aliphatic carbocycles. The number of nitrogens with one attached hydrogen (secondary N) is 1. The third kappa shape index (κ3) is 4.06. The molecule has 0 spiro atoms. The summed E-state index contributed by atoms with van der Waals surface area (Å²) in [7, 11) is 0. The Morgan fingerprint density at radius 3 is 2.62 bits per heavy atom. The number of morpholine rings is 1. The zero-order chi connectivity index (χ0) is 16.9. The number of carbonyl (C=O) groups is 1. The fourth-order valence-electron chi connectivity index (χ4n) is 2.47. The van der Waals surface area contributed by atoms with Gasteiger partial charge in [0.2, 0.25) is 0 Å². The molecule has 2 heterocycles. The molecule has 0 bridgehead atoms. The van der Waals surface area contributed by atoms with Crippen LogP contribution in [-0.2, 0) is 16.1 Å². The first kappa shape index (κ1) is 16.4. The van der Waals surface area contributed by atoms with E-state index >= 15 is 0 Å². The Kier molecular flexibility index (Phi) is 5.02. The molecule has 0 unspecified atom stereocenters. The second kappa shape index (κ2) is 7.37. The lowest BCUT2D eigenvalue weighted by atomic mass is 10.1. The molecule has 0 saturated carbocycles. The molecule has 1 aliphatic rings. The Balaban J connectivity index is 1.67. The van der Waals surface area contributed by atoms with Crippen LogP contribution in [0.15, 0.2) is 41.5 Å². The summed E-state index contributed by atoms with van der Waals surface area (Å²) in [6.45, 7) is 4.41. The molecular weight excluding hydrogens is 308 g/mol. The summed E-state index contributed by atoms with van der Waals surface area (Å²) in [6, 6.07) is 9.24. The molecule has 1 aromatic heterocycles. The van der Waals surface area contributed by atoms with Gasteiger partial charge in [0.05, 0.1) is 25.2 Å². The van der Waals surface area contributed by atoms with Crippen molar-refractivity contribution in [3.8, 4) is 11.3 Å². The normalized spacial score (nSPS) is 15.2. The van der Waals surface area contributed by atoms with Gasteiger partial charge in [-0.05, 0) is 6.92 Å². The summed E-state index contributed by atoms with van der Waals surface area (Å²) in [4.78, 5) is 28.6. The average Bonchev–Trinajstić information content (AvgIpc) is 2.58. The Morgan fingerprint density at radius 1 is 1.25 bits per heavy atom. The molecular formula is C17H20N4O3. The predicted octanol–water partition coefficient (Wildman–Crippen LogP) is 0.582. The standard InChI is InChI=1S/C17H20N4O3/c1-13-2-4-14(5-3-13)15-10-17(23)20(12-18-15)11-16(22)19-21-6-8-24-9-7-21/h2-5,10,12H,6-9,11H2,1H3,(H,19,22). The topological polar surface area (TPSA) is 76.5 Å². The number of rotatable bonds is 4. The quantitative estimate of drug-likeness (QED) is 0.888. The Bertz CT molecular complexity index is 764. The smallest absolute Gasteiger partial charge is 0.254 e. The van der Waals surface area contributed by atoms with E-state index in [2.05, 4.69) is 10.4 Å². The van der Waals surface area contributed by atoms with Crippen LogP contribution in [0.2, 0.25) is 0 Å². The Hall–Kier alpha value is -2.51. The molecule has 126 valence electrons. The van der Waals surface area contributed by atoms with E-state index in [1.165, 1.54) is 17.0 Å². The maximum absolute atomic E-state index is 12.2. The lowest BCUT2D eigenvalue weighted by Gasteiger charge is -2.26. The number of amides is 1. The highest BCUT2D eigenvalue weighted by Gasteiger charge is 2.14. The number of aromatic nitrogens is 2. The molecule has 24 heavy (non-hydrogen) atoms. The van der Waals surface area contributed by atoms with Crippen LogP contribution in [0.25, 0.3) is 11.3 Å². The van der Waals surface area contributed by atoms with Crippen LogP contribution in [0.1, 0.15) is 5.56 Å². The van der Waals surface area contributed by atoms with E-state index in [1.807, 2.05) is 31.2 Å². The molecule has 3 rings (SSSR count). The van der Waals surface area contributed by atoms with E-state index in [0.717, 1.165) is 11.1 Å². The molecule has 0 radical (unpaired) electrons. The van der Waals surface area contributed by atoms with Gasteiger partial charge in [-0.3, -0.25) is 19.6 Å². The number of ether oxygens (including phenoxy) is 1. The van der Waals surface area contributed by atoms with Crippen molar-refractivity contribution in [2.75, 3.05) is 26.3 Å². The molecule has 1 fully saturated rings. The molecule has 2 aromatic rings. The van der Waals surface area contributed by atoms with Gasteiger partial charge in [-0.15, -0.1) is 0 Å². The van der Waals surface area contributed by atoms with E-state index in [0.29, 0.717) is 32.0 Å². The van der Waals surface area contributed by atoms with Gasteiger partial charge in [0.1, 0.15) is 6.54 Å². The first-order valence-electron chi connectivity index (χ1n) is 7.87. The number of carbonyl (C=O) groups excluding carboxylic acids is 1. The summed E-state index contributed by atoms with van der Waals surface area (Å²) >= 11 is 0. The third-order valence-electron chi connectivity index (χ3n) is 3.83. The summed E-state index contributed by atoms with van der Waals surface area (Å²) in [5, 5.41) is 1.80. The molecule has 1 aliphatic heterocycles. The molecule has 1 aromatic carbocycles. The van der Waals surface area contributed by atoms with Gasteiger partial charge in [0.25, 0.3) is 11.5 Å². The largest absolute Gasteiger partial charge is 0.379 e. The average molecular weight is 328 g/mol. The van der Waals surface area contributed by atoms with E-state index in [9.17, 15) is 9.59 Å². The van der Waals surface area contributed by atoms with Crippen LogP contribution >= 0.6 is 0 Å². The van der Waals surface area contributed by atoms with E-state index in [-0.39, 0.29) is 18.0 Å². The van der Waals surface area contributed by atoms with Gasteiger partial charge >= 0.3 is 0 Å². The maximum Gasteiger partial charge on any atom is 0.254 e. The predicted molar refractivity (Wildman–Crippen MR) is 89.2 cm³/mol. The molecule has 1 N–H and O–H groups in total. The summed E-state index contributed by atoms with van der Waals surface area (Å²) < 4.78 is 6.52. The van der Waals surface area contributed by atoms with Gasteiger partial charge in [-0.25, -0.2) is 9.99 Å². The molecule has 0 atom stereocenters. The molecule has 7 heteroatoms. The molecule has 1 amide bonds. The third-order valence-corrected chi connectivity index (χ3v) is 3.83. The highest BCUT2D eigenvalue weighted by molar-refractivity contribution is 5.75. The lowest BCUT2D eigenvalue weighted by molar-refractivity contribution is -0.128. The monoisotopic (exact) mass is 328 g/mol. The van der Waals surface area contributed by atoms with Crippen molar-refractivity contribution in [1.82, 2.24) is 20.0 Å². The minimum Gasteiger partial charge on any atom is -0.379 e. The summed E-state index contributed by atoms with van der Waals surface area (Å²) in [5.41, 5.74) is 5.15. The fraction of sp³-hybridized carbons (Fsp3) is 0.353. The van der Waals surface area contributed by atoms with Crippen LogP contribution in [0.4, 0.5) is 0 Å². The Labute approximate surface area is 139 Å². The van der Waals surface area contributed by atoms with Crippen molar-refractivity contribution >= 4 is 5.91 Å². The van der Waals surface area contributed by atoms with Crippen LogP contribution in [0.5, 0.6) is 0 Å². The number of nitrogens with zero attached hydrogens (tertiary/aromatic N) is 3. The summed E-state index contributed by atoms with van der Waals surface area (Å²) in [6.07, 6.45) is 1.41. The second-order valence-corrected chi connectivity index (χ2v) is 5.74. The van der Waals surface area contributed by atoms with Crippen molar-refractivity contribution in [2.24, 2.45) is 0 Å². The number of benzene rings is 1. The maximum atomic E-state index is 12.2. The van der Waals surface area contributed by atoms with Crippen molar-refractivity contribution in [2.45, 2.75) is 13.5 Å². The Morgan fingerprint density at radius 2 is 1.96 bits per heavy atom. The highest BCUT2D eigenvalue weighted by atomic mass is 16.5. The van der Waals surface area contributed by atoms with Gasteiger partial charge in [-0.2, -0.15) is 0 Å². The first-order chi connectivity index (χ1) is 11.6. The SMILES string of the molecule is Cc1ccc(-c2cc(=O)n(CC(=O)NN3CCOCC3)cn2)cc1. The second-order valence-electron chi connectivity index (χ2n) is 5.74. The number of hydrogen-bond donors (Lipinski definition) is 1. The van der Waals surface area contributed by atoms with Crippen LogP contribution in [0.3, 0.4) is 0 Å². The zero-order valence-electron chi connectivity index (χ0n) is 13.6. The van der Waals surface area contributed by atoms with Crippen molar-refractivity contribution in [3.63, 3.8) is 0 Å². The number of hydrogen-bond acceptors (Lipinski definition) is 5. The van der Waals surface area contributed by atoms with Gasteiger partial charge in [0, 0.05) is 24.7 Å². The van der Waals surface area contributed by atoms with Crippen molar-refractivity contribution < 1.29 is 9.53 Å². The minimum atomic E-state index is -0.252. The van der Waals surface area contributed by atoms with Crippen LogP contribution in [-0.4, -0.2) is 46.8 Å². The minimum absolute atomic E-state index is 0.0582.